The molecule has 1 aliphatic carbocycles. The Kier molecular flexibility index (Phi) is 7.06. The summed E-state index contributed by atoms with van der Waals surface area (Å²) in [5.74, 6) is -1.97. The maximum absolute atomic E-state index is 13.7. The summed E-state index contributed by atoms with van der Waals surface area (Å²) >= 11 is 0. The molecule has 0 radical (unpaired) electrons. The van der Waals surface area contributed by atoms with Crippen LogP contribution < -0.4 is 14.9 Å². The van der Waals surface area contributed by atoms with E-state index in [9.17, 15) is 22.3 Å². The standard InChI is InChI=1S/C29H36F2N6O3S/c1-20-14-22(16-27(34-20)36-12-8-29(30,31)9-13-36)23-17-37(19-33-23)24-3-2-21(26(18-38)41(32,39)40)15-25(24)35-10-6-28(4-5-28)7-11-35/h2-3,14-17,19,26,38H,4-13,18H2,1H3,(H2,32,39,40). The summed E-state index contributed by atoms with van der Waals surface area (Å²) in [5.41, 5.74) is 4.94. The molecule has 4 heterocycles. The summed E-state index contributed by atoms with van der Waals surface area (Å²) in [6.45, 7) is 3.49. The van der Waals surface area contributed by atoms with Gasteiger partial charge in [-0.3, -0.25) is 0 Å². The van der Waals surface area contributed by atoms with Gasteiger partial charge in [0.2, 0.25) is 10.0 Å². The van der Waals surface area contributed by atoms with Gasteiger partial charge in [0.25, 0.3) is 5.92 Å². The Labute approximate surface area is 239 Å². The van der Waals surface area contributed by atoms with Crippen LogP contribution in [0.3, 0.4) is 0 Å². The molecule has 0 amide bonds. The Bertz CT molecular complexity index is 1540. The molecule has 1 aromatic carbocycles. The van der Waals surface area contributed by atoms with Crippen molar-refractivity contribution in [2.24, 2.45) is 10.6 Å². The van der Waals surface area contributed by atoms with Crippen LogP contribution in [-0.2, 0) is 10.0 Å². The smallest absolute Gasteiger partial charge is 0.251 e. The van der Waals surface area contributed by atoms with Crippen LogP contribution in [0.4, 0.5) is 20.3 Å². The molecule has 1 unspecified atom stereocenters. The molecular weight excluding hydrogens is 550 g/mol. The second kappa shape index (κ2) is 10.3. The minimum atomic E-state index is -4.00. The SMILES string of the molecule is Cc1cc(-c2cn(-c3ccc(C(CO)S(N)(=O)=O)cc3N3CCC4(CC3)CC4)cn2)cc(N2CCC(F)(F)CC2)n1. The zero-order chi connectivity index (χ0) is 29.0. The largest absolute Gasteiger partial charge is 0.395 e. The number of alkyl halides is 2. The second-order valence-electron chi connectivity index (χ2n) is 11.9. The molecule has 1 spiro atoms. The van der Waals surface area contributed by atoms with Crippen molar-refractivity contribution >= 4 is 21.5 Å². The third kappa shape index (κ3) is 5.82. The fourth-order valence-corrected chi connectivity index (χ4v) is 6.87. The lowest BCUT2D eigenvalue weighted by molar-refractivity contribution is -0.0221. The number of nitrogens with two attached hydrogens (primary N) is 1. The van der Waals surface area contributed by atoms with Crippen molar-refractivity contribution < 1.29 is 22.3 Å². The van der Waals surface area contributed by atoms with E-state index in [1.807, 2.05) is 46.9 Å². The number of nitrogens with zero attached hydrogens (tertiary/aromatic N) is 5. The first-order valence-corrected chi connectivity index (χ1v) is 15.7. The minimum absolute atomic E-state index is 0.189. The monoisotopic (exact) mass is 586 g/mol. The van der Waals surface area contributed by atoms with Crippen LogP contribution in [0.5, 0.6) is 0 Å². The van der Waals surface area contributed by atoms with Crippen LogP contribution in [0, 0.1) is 12.3 Å². The summed E-state index contributed by atoms with van der Waals surface area (Å²) in [7, 11) is -4.00. The lowest BCUT2D eigenvalue weighted by Crippen LogP contribution is -2.39. The molecule has 9 nitrogen and oxygen atoms in total. The summed E-state index contributed by atoms with van der Waals surface area (Å²) in [6.07, 6.45) is 7.97. The number of benzene rings is 1. The highest BCUT2D eigenvalue weighted by atomic mass is 32.2. The fraction of sp³-hybridized carbons (Fsp3) is 0.517. The summed E-state index contributed by atoms with van der Waals surface area (Å²) in [5, 5.41) is 14.1. The first-order valence-electron chi connectivity index (χ1n) is 14.1. The van der Waals surface area contributed by atoms with Crippen LogP contribution in [0.2, 0.25) is 0 Å². The topological polar surface area (TPSA) is 118 Å². The molecular formula is C29H36F2N6O3S. The van der Waals surface area contributed by atoms with Gasteiger partial charge in [-0.2, -0.15) is 0 Å². The molecule has 2 aliphatic heterocycles. The van der Waals surface area contributed by atoms with E-state index in [4.69, 9.17) is 5.14 Å². The third-order valence-corrected chi connectivity index (χ3v) is 10.2. The molecule has 0 bridgehead atoms. The number of aliphatic hydroxyl groups is 1. The molecule has 3 aromatic rings. The minimum Gasteiger partial charge on any atom is -0.395 e. The molecule has 12 heteroatoms. The number of hydrogen-bond acceptors (Lipinski definition) is 7. The first kappa shape index (κ1) is 28.0. The van der Waals surface area contributed by atoms with E-state index in [2.05, 4.69) is 14.9 Å². The lowest BCUT2D eigenvalue weighted by atomic mass is 9.93. The molecule has 2 saturated heterocycles. The van der Waals surface area contributed by atoms with E-state index in [-0.39, 0.29) is 25.9 Å². The van der Waals surface area contributed by atoms with E-state index in [1.165, 1.54) is 12.8 Å². The highest BCUT2D eigenvalue weighted by molar-refractivity contribution is 7.89. The number of imidazole rings is 1. The predicted octanol–water partition coefficient (Wildman–Crippen LogP) is 4.18. The Hall–Kier alpha value is -3.09. The lowest BCUT2D eigenvalue weighted by Gasteiger charge is -2.35. The van der Waals surface area contributed by atoms with Gasteiger partial charge in [-0.1, -0.05) is 6.07 Å². The van der Waals surface area contributed by atoms with Crippen molar-refractivity contribution in [3.05, 3.63) is 54.1 Å². The Balaban J connectivity index is 1.33. The van der Waals surface area contributed by atoms with Gasteiger partial charge in [0.1, 0.15) is 11.1 Å². The van der Waals surface area contributed by atoms with Crippen LogP contribution in [0.1, 0.15) is 55.0 Å². The molecule has 1 atom stereocenters. The quantitative estimate of drug-likeness (QED) is 0.427. The van der Waals surface area contributed by atoms with Crippen LogP contribution in [0.15, 0.2) is 42.9 Å². The van der Waals surface area contributed by atoms with Gasteiger partial charge in [-0.15, -0.1) is 0 Å². The molecule has 3 aliphatic rings. The Morgan fingerprint density at radius 2 is 1.66 bits per heavy atom. The van der Waals surface area contributed by atoms with Gasteiger partial charge in [0, 0.05) is 56.5 Å². The van der Waals surface area contributed by atoms with E-state index in [1.54, 1.807) is 12.4 Å². The van der Waals surface area contributed by atoms with E-state index >= 15 is 0 Å². The number of aryl methyl sites for hydroxylation is 1. The highest BCUT2D eigenvalue weighted by Crippen LogP contribution is 2.54. The molecule has 3 N–H and O–H groups in total. The number of aromatic nitrogens is 3. The van der Waals surface area contributed by atoms with Crippen molar-refractivity contribution in [3.63, 3.8) is 0 Å². The number of hydrogen-bond donors (Lipinski definition) is 2. The zero-order valence-corrected chi connectivity index (χ0v) is 24.0. The number of piperidine rings is 2. The molecule has 220 valence electrons. The number of sulfonamides is 1. The Morgan fingerprint density at radius 3 is 2.29 bits per heavy atom. The normalized spacial score (nSPS) is 20.8. The predicted molar refractivity (Wildman–Crippen MR) is 154 cm³/mol. The number of aliphatic hydroxyl groups excluding tert-OH is 1. The van der Waals surface area contributed by atoms with Crippen LogP contribution in [0.25, 0.3) is 16.9 Å². The number of rotatable bonds is 7. The molecule has 3 fully saturated rings. The van der Waals surface area contributed by atoms with Gasteiger partial charge >= 0.3 is 0 Å². The van der Waals surface area contributed by atoms with Crippen molar-refractivity contribution in [2.75, 3.05) is 42.6 Å². The highest BCUT2D eigenvalue weighted by Gasteiger charge is 2.44. The molecule has 2 aromatic heterocycles. The summed E-state index contributed by atoms with van der Waals surface area (Å²) < 4.78 is 53.8. The molecule has 41 heavy (non-hydrogen) atoms. The van der Waals surface area contributed by atoms with Gasteiger partial charge in [-0.25, -0.2) is 32.3 Å². The fourth-order valence-electron chi connectivity index (χ4n) is 6.14. The number of primary sulfonamides is 1. The first-order chi connectivity index (χ1) is 19.5. The van der Waals surface area contributed by atoms with Gasteiger partial charge < -0.3 is 19.5 Å². The maximum Gasteiger partial charge on any atom is 0.251 e. The van der Waals surface area contributed by atoms with Crippen LogP contribution >= 0.6 is 0 Å². The molecule has 6 rings (SSSR count). The van der Waals surface area contributed by atoms with Crippen molar-refractivity contribution in [3.8, 4) is 16.9 Å². The summed E-state index contributed by atoms with van der Waals surface area (Å²) in [4.78, 5) is 13.4. The van der Waals surface area contributed by atoms with E-state index in [0.717, 1.165) is 48.6 Å². The number of pyridine rings is 1. The van der Waals surface area contributed by atoms with Gasteiger partial charge in [0.05, 0.1) is 30.0 Å². The van der Waals surface area contributed by atoms with E-state index in [0.29, 0.717) is 22.5 Å². The molecule has 1 saturated carbocycles. The van der Waals surface area contributed by atoms with Crippen molar-refractivity contribution in [1.29, 1.82) is 0 Å². The van der Waals surface area contributed by atoms with Gasteiger partial charge in [-0.05, 0) is 67.9 Å². The number of halogens is 2. The van der Waals surface area contributed by atoms with E-state index < -0.39 is 27.8 Å². The van der Waals surface area contributed by atoms with Gasteiger partial charge in [0.15, 0.2) is 0 Å². The third-order valence-electron chi connectivity index (χ3n) is 8.97. The zero-order valence-electron chi connectivity index (χ0n) is 23.1. The van der Waals surface area contributed by atoms with Crippen LogP contribution in [-0.4, -0.2) is 66.8 Å². The van der Waals surface area contributed by atoms with Crippen molar-refractivity contribution in [2.45, 2.75) is 56.6 Å². The number of anilines is 2. The Morgan fingerprint density at radius 1 is 0.976 bits per heavy atom. The maximum atomic E-state index is 13.7. The second-order valence-corrected chi connectivity index (χ2v) is 13.6. The average Bonchev–Trinajstić information content (AvgIpc) is 3.48. The van der Waals surface area contributed by atoms with Crippen molar-refractivity contribution in [1.82, 2.24) is 14.5 Å². The average molecular weight is 587 g/mol. The summed E-state index contributed by atoms with van der Waals surface area (Å²) in [6, 6.07) is 9.19.